The van der Waals surface area contributed by atoms with Gasteiger partial charge in [0.05, 0.1) is 11.0 Å². The summed E-state index contributed by atoms with van der Waals surface area (Å²) in [4.78, 5) is 22.0. The minimum absolute atomic E-state index is 0.0582. The zero-order chi connectivity index (χ0) is 17.3. The number of nitrogens with zero attached hydrogens (tertiary/aromatic N) is 1. The van der Waals surface area contributed by atoms with Gasteiger partial charge in [0.1, 0.15) is 17.9 Å². The van der Waals surface area contributed by atoms with Crippen molar-refractivity contribution < 1.29 is 14.1 Å². The van der Waals surface area contributed by atoms with Crippen LogP contribution >= 0.6 is 11.6 Å². The molecule has 0 unspecified atom stereocenters. The molecule has 24 heavy (non-hydrogen) atoms. The molecule has 0 saturated heterocycles. The van der Waals surface area contributed by atoms with E-state index in [4.69, 9.17) is 20.8 Å². The molecule has 3 aromatic rings. The zero-order valence-electron chi connectivity index (χ0n) is 12.6. The third-order valence-electron chi connectivity index (χ3n) is 3.53. The first-order chi connectivity index (χ1) is 11.4. The summed E-state index contributed by atoms with van der Waals surface area (Å²) in [5.74, 6) is 0.337. The standard InChI is InChI=1S/C17H12ClNO5/c1-10-5-16-14(8-15(10)18)11(6-17(20)24-16)9-23-13-4-2-3-12(7-13)19(21)22/h2-8H,9H2,1H3. The first-order valence-corrected chi connectivity index (χ1v) is 7.42. The van der Waals surface area contributed by atoms with Gasteiger partial charge in [0, 0.05) is 28.1 Å². The summed E-state index contributed by atoms with van der Waals surface area (Å²) < 4.78 is 10.8. The first-order valence-electron chi connectivity index (χ1n) is 7.04. The van der Waals surface area contributed by atoms with E-state index in [0.717, 1.165) is 5.56 Å². The maximum Gasteiger partial charge on any atom is 0.336 e. The summed E-state index contributed by atoms with van der Waals surface area (Å²) >= 11 is 6.14. The minimum Gasteiger partial charge on any atom is -0.489 e. The van der Waals surface area contributed by atoms with Crippen molar-refractivity contribution in [3.05, 3.63) is 79.1 Å². The van der Waals surface area contributed by atoms with Crippen LogP contribution in [0.3, 0.4) is 0 Å². The quantitative estimate of drug-likeness (QED) is 0.401. The number of benzene rings is 2. The van der Waals surface area contributed by atoms with Crippen molar-refractivity contribution in [2.75, 3.05) is 0 Å². The lowest BCUT2D eigenvalue weighted by Crippen LogP contribution is -2.04. The Morgan fingerprint density at radius 1 is 1.25 bits per heavy atom. The number of rotatable bonds is 4. The highest BCUT2D eigenvalue weighted by atomic mass is 35.5. The predicted molar refractivity (Wildman–Crippen MR) is 89.7 cm³/mol. The smallest absolute Gasteiger partial charge is 0.336 e. The summed E-state index contributed by atoms with van der Waals surface area (Å²) in [5, 5.41) is 12.0. The van der Waals surface area contributed by atoms with Gasteiger partial charge >= 0.3 is 5.63 Å². The molecule has 0 bridgehead atoms. The Morgan fingerprint density at radius 2 is 2.04 bits per heavy atom. The van der Waals surface area contributed by atoms with E-state index in [9.17, 15) is 14.9 Å². The average Bonchev–Trinajstić information content (AvgIpc) is 2.54. The van der Waals surface area contributed by atoms with Crippen LogP contribution in [0.15, 0.2) is 51.7 Å². The molecule has 0 saturated carbocycles. The second kappa shape index (κ2) is 6.33. The number of nitro benzene ring substituents is 1. The second-order valence-electron chi connectivity index (χ2n) is 5.23. The molecule has 1 heterocycles. The molecule has 0 N–H and O–H groups in total. The van der Waals surface area contributed by atoms with Crippen LogP contribution in [0.25, 0.3) is 11.0 Å². The second-order valence-corrected chi connectivity index (χ2v) is 5.64. The molecule has 0 aliphatic heterocycles. The lowest BCUT2D eigenvalue weighted by molar-refractivity contribution is -0.384. The van der Waals surface area contributed by atoms with Gasteiger partial charge in [0.15, 0.2) is 0 Å². The summed E-state index contributed by atoms with van der Waals surface area (Å²) in [7, 11) is 0. The first kappa shape index (κ1) is 16.0. The summed E-state index contributed by atoms with van der Waals surface area (Å²) in [6.45, 7) is 1.87. The van der Waals surface area contributed by atoms with Gasteiger partial charge in [0.25, 0.3) is 5.69 Å². The Morgan fingerprint density at radius 3 is 2.79 bits per heavy atom. The SMILES string of the molecule is Cc1cc2oc(=O)cc(COc3cccc([N+](=O)[O-])c3)c2cc1Cl. The van der Waals surface area contributed by atoms with Crippen molar-refractivity contribution in [2.45, 2.75) is 13.5 Å². The van der Waals surface area contributed by atoms with Crippen LogP contribution in [0.4, 0.5) is 5.69 Å². The van der Waals surface area contributed by atoms with E-state index in [1.165, 1.54) is 24.3 Å². The molecule has 122 valence electrons. The molecule has 1 aromatic heterocycles. The summed E-state index contributed by atoms with van der Waals surface area (Å²) in [6, 6.07) is 10.6. The highest BCUT2D eigenvalue weighted by Gasteiger charge is 2.11. The van der Waals surface area contributed by atoms with Gasteiger partial charge in [-0.3, -0.25) is 10.1 Å². The molecule has 0 radical (unpaired) electrons. The third kappa shape index (κ3) is 3.23. The zero-order valence-corrected chi connectivity index (χ0v) is 13.4. The lowest BCUT2D eigenvalue weighted by atomic mass is 10.1. The van der Waals surface area contributed by atoms with Gasteiger partial charge in [0.2, 0.25) is 0 Å². The molecule has 0 fully saturated rings. The van der Waals surface area contributed by atoms with E-state index in [-0.39, 0.29) is 12.3 Å². The van der Waals surface area contributed by atoms with Crippen molar-refractivity contribution >= 4 is 28.3 Å². The van der Waals surface area contributed by atoms with Gasteiger partial charge in [-0.2, -0.15) is 0 Å². The molecule has 0 aliphatic rings. The minimum atomic E-state index is -0.498. The van der Waals surface area contributed by atoms with Crippen LogP contribution in [-0.2, 0) is 6.61 Å². The Balaban J connectivity index is 1.95. The van der Waals surface area contributed by atoms with Crippen LogP contribution in [0.5, 0.6) is 5.75 Å². The van der Waals surface area contributed by atoms with E-state index in [1.807, 2.05) is 6.92 Å². The third-order valence-corrected chi connectivity index (χ3v) is 3.94. The number of non-ortho nitro benzene ring substituents is 1. The maximum atomic E-state index is 11.7. The maximum absolute atomic E-state index is 11.7. The van der Waals surface area contributed by atoms with Crippen LogP contribution in [0.1, 0.15) is 11.1 Å². The van der Waals surface area contributed by atoms with Crippen molar-refractivity contribution in [3.63, 3.8) is 0 Å². The fraction of sp³-hybridized carbons (Fsp3) is 0.118. The van der Waals surface area contributed by atoms with E-state index in [1.54, 1.807) is 18.2 Å². The largest absolute Gasteiger partial charge is 0.489 e. The number of hydrogen-bond acceptors (Lipinski definition) is 5. The number of aryl methyl sites for hydroxylation is 1. The van der Waals surface area contributed by atoms with Gasteiger partial charge in [-0.25, -0.2) is 4.79 Å². The Kier molecular flexibility index (Phi) is 4.22. The normalized spacial score (nSPS) is 10.8. The average molecular weight is 346 g/mol. The van der Waals surface area contributed by atoms with Gasteiger partial charge in [-0.15, -0.1) is 0 Å². The molecular weight excluding hydrogens is 334 g/mol. The van der Waals surface area contributed by atoms with Gasteiger partial charge in [-0.1, -0.05) is 17.7 Å². The highest BCUT2D eigenvalue weighted by molar-refractivity contribution is 6.32. The molecule has 7 heteroatoms. The number of nitro groups is 1. The molecule has 3 rings (SSSR count). The predicted octanol–water partition coefficient (Wildman–Crippen LogP) is 4.24. The van der Waals surface area contributed by atoms with Crippen molar-refractivity contribution in [1.29, 1.82) is 0 Å². The van der Waals surface area contributed by atoms with Crippen molar-refractivity contribution in [3.8, 4) is 5.75 Å². The Labute approximate surface area is 141 Å². The van der Waals surface area contributed by atoms with E-state index in [0.29, 0.717) is 27.3 Å². The molecule has 0 aliphatic carbocycles. The monoisotopic (exact) mass is 345 g/mol. The molecule has 0 amide bonds. The molecule has 0 atom stereocenters. The van der Waals surface area contributed by atoms with E-state index >= 15 is 0 Å². The number of fused-ring (bicyclic) bond motifs is 1. The molecule has 0 spiro atoms. The molecule has 2 aromatic carbocycles. The number of ether oxygens (including phenoxy) is 1. The highest BCUT2D eigenvalue weighted by Crippen LogP contribution is 2.26. The fourth-order valence-corrected chi connectivity index (χ4v) is 2.48. The summed E-state index contributed by atoms with van der Waals surface area (Å²) in [5.41, 5.74) is 1.24. The van der Waals surface area contributed by atoms with Crippen LogP contribution in [0, 0.1) is 17.0 Å². The van der Waals surface area contributed by atoms with Gasteiger partial charge in [-0.05, 0) is 30.7 Å². The Bertz CT molecular complexity index is 996. The fourth-order valence-electron chi connectivity index (χ4n) is 2.32. The Hall–Kier alpha value is -2.86. The lowest BCUT2D eigenvalue weighted by Gasteiger charge is -2.09. The van der Waals surface area contributed by atoms with Crippen molar-refractivity contribution in [2.24, 2.45) is 0 Å². The topological polar surface area (TPSA) is 82.6 Å². The van der Waals surface area contributed by atoms with Crippen molar-refractivity contribution in [1.82, 2.24) is 0 Å². The number of halogens is 1. The van der Waals surface area contributed by atoms with E-state index < -0.39 is 10.5 Å². The molecule has 6 nitrogen and oxygen atoms in total. The van der Waals surface area contributed by atoms with E-state index in [2.05, 4.69) is 0 Å². The van der Waals surface area contributed by atoms with Crippen LogP contribution in [0.2, 0.25) is 5.02 Å². The van der Waals surface area contributed by atoms with Gasteiger partial charge < -0.3 is 9.15 Å². The van der Waals surface area contributed by atoms with Crippen LogP contribution < -0.4 is 10.4 Å². The molecular formula is C17H12ClNO5. The number of hydrogen-bond donors (Lipinski definition) is 0. The summed E-state index contributed by atoms with van der Waals surface area (Å²) in [6.07, 6.45) is 0. The van der Waals surface area contributed by atoms with Crippen LogP contribution in [-0.4, -0.2) is 4.92 Å².